The van der Waals surface area contributed by atoms with Crippen LogP contribution in [0.4, 0.5) is 0 Å². The van der Waals surface area contributed by atoms with Crippen LogP contribution in [0.25, 0.3) is 6.08 Å². The van der Waals surface area contributed by atoms with Crippen molar-refractivity contribution in [2.24, 2.45) is 0 Å². The smallest absolute Gasteiger partial charge is 0.341 e. The van der Waals surface area contributed by atoms with Crippen molar-refractivity contribution in [2.75, 3.05) is 6.61 Å². The average Bonchev–Trinajstić information content (AvgIpc) is 2.90. The molecule has 1 aliphatic rings. The second kappa shape index (κ2) is 8.37. The van der Waals surface area contributed by atoms with Crippen LogP contribution in [0.15, 0.2) is 53.4 Å². The molecule has 0 atom stereocenters. The van der Waals surface area contributed by atoms with Crippen LogP contribution in [0.3, 0.4) is 0 Å². The Balaban J connectivity index is 1.70. The van der Waals surface area contributed by atoms with Crippen LogP contribution in [-0.2, 0) is 16.1 Å². The minimum Gasteiger partial charge on any atom is -0.482 e. The summed E-state index contributed by atoms with van der Waals surface area (Å²) in [4.78, 5) is 25.4. The highest BCUT2D eigenvalue weighted by molar-refractivity contribution is 8.26. The third-order valence-electron chi connectivity index (χ3n) is 3.88. The van der Waals surface area contributed by atoms with E-state index in [2.05, 4.69) is 0 Å². The first-order valence-corrected chi connectivity index (χ1v) is 9.40. The number of carboxylic acids is 1. The lowest BCUT2D eigenvalue weighted by atomic mass is 10.1. The van der Waals surface area contributed by atoms with Gasteiger partial charge in [-0.25, -0.2) is 4.79 Å². The van der Waals surface area contributed by atoms with Gasteiger partial charge in [-0.1, -0.05) is 65.9 Å². The van der Waals surface area contributed by atoms with Gasteiger partial charge in [0.25, 0.3) is 5.91 Å². The van der Waals surface area contributed by atoms with Crippen molar-refractivity contribution in [1.82, 2.24) is 4.90 Å². The van der Waals surface area contributed by atoms with Gasteiger partial charge < -0.3 is 9.84 Å². The van der Waals surface area contributed by atoms with Gasteiger partial charge in [0.15, 0.2) is 6.61 Å². The highest BCUT2D eigenvalue weighted by Gasteiger charge is 2.31. The van der Waals surface area contributed by atoms with E-state index < -0.39 is 12.6 Å². The van der Waals surface area contributed by atoms with Gasteiger partial charge in [0.1, 0.15) is 10.1 Å². The second-order valence-corrected chi connectivity index (χ2v) is 7.68. The maximum Gasteiger partial charge on any atom is 0.341 e. The molecule has 0 aromatic heterocycles. The van der Waals surface area contributed by atoms with Crippen molar-refractivity contribution in [3.05, 3.63) is 70.1 Å². The molecule has 0 aliphatic carbocycles. The number of hydrogen-bond donors (Lipinski definition) is 1. The zero-order valence-corrected chi connectivity index (χ0v) is 16.2. The third kappa shape index (κ3) is 4.96. The normalized spacial score (nSPS) is 15.4. The fourth-order valence-corrected chi connectivity index (χ4v) is 3.72. The van der Waals surface area contributed by atoms with E-state index in [9.17, 15) is 9.59 Å². The number of carbonyl (C=O) groups is 2. The lowest BCUT2D eigenvalue weighted by Crippen LogP contribution is -2.27. The molecule has 7 heteroatoms. The number of thioether (sulfide) groups is 1. The number of carboxylic acid groups (broad SMARTS) is 1. The summed E-state index contributed by atoms with van der Waals surface area (Å²) in [5, 5.41) is 8.63. The largest absolute Gasteiger partial charge is 0.482 e. The van der Waals surface area contributed by atoms with Crippen LogP contribution in [0.5, 0.6) is 5.75 Å². The molecule has 2 aromatic carbocycles. The van der Waals surface area contributed by atoms with Crippen molar-refractivity contribution >= 4 is 46.3 Å². The monoisotopic (exact) mass is 399 g/mol. The Morgan fingerprint density at radius 3 is 2.48 bits per heavy atom. The predicted octanol–water partition coefficient (Wildman–Crippen LogP) is 3.86. The number of thiocarbonyl (C=S) groups is 1. The summed E-state index contributed by atoms with van der Waals surface area (Å²) >= 11 is 6.64. The number of ether oxygens (including phenoxy) is 1. The maximum atomic E-state index is 12.7. The zero-order valence-electron chi connectivity index (χ0n) is 14.5. The first-order valence-electron chi connectivity index (χ1n) is 8.18. The molecule has 0 unspecified atom stereocenters. The first-order chi connectivity index (χ1) is 12.9. The van der Waals surface area contributed by atoms with Gasteiger partial charge in [-0.3, -0.25) is 9.69 Å². The summed E-state index contributed by atoms with van der Waals surface area (Å²) in [6.45, 7) is 2.07. The molecule has 3 rings (SSSR count). The first kappa shape index (κ1) is 19.1. The standard InChI is InChI=1S/C20H17NO4S2/c1-13-2-4-15(5-3-13)11-21-19(24)17(27-20(21)26)10-14-6-8-16(9-7-14)25-12-18(22)23/h2-10H,11-12H2,1H3,(H,22,23)/b17-10+. The molecule has 1 N–H and O–H groups in total. The van der Waals surface area contributed by atoms with Gasteiger partial charge in [-0.05, 0) is 36.3 Å². The van der Waals surface area contributed by atoms with E-state index >= 15 is 0 Å². The molecule has 0 spiro atoms. The fourth-order valence-electron chi connectivity index (χ4n) is 2.47. The third-order valence-corrected chi connectivity index (χ3v) is 5.25. The Morgan fingerprint density at radius 1 is 1.19 bits per heavy atom. The van der Waals surface area contributed by atoms with Gasteiger partial charge in [0.2, 0.25) is 0 Å². The second-order valence-electron chi connectivity index (χ2n) is 6.00. The molecule has 1 amide bonds. The number of hydrogen-bond acceptors (Lipinski definition) is 5. The molecular formula is C20H17NO4S2. The van der Waals surface area contributed by atoms with Crippen LogP contribution < -0.4 is 4.74 Å². The number of nitrogens with zero attached hydrogens (tertiary/aromatic N) is 1. The van der Waals surface area contributed by atoms with Gasteiger partial charge in [0, 0.05) is 0 Å². The molecule has 138 valence electrons. The molecule has 27 heavy (non-hydrogen) atoms. The molecule has 0 bridgehead atoms. The van der Waals surface area contributed by atoms with E-state index in [4.69, 9.17) is 22.1 Å². The Bertz CT molecular complexity index is 905. The summed E-state index contributed by atoms with van der Waals surface area (Å²) in [5.74, 6) is -0.686. The zero-order chi connectivity index (χ0) is 19.4. The van der Waals surface area contributed by atoms with Crippen molar-refractivity contribution in [1.29, 1.82) is 0 Å². The molecular weight excluding hydrogens is 382 g/mol. The molecule has 5 nitrogen and oxygen atoms in total. The van der Waals surface area contributed by atoms with E-state index in [1.165, 1.54) is 17.3 Å². The molecule has 2 aromatic rings. The highest BCUT2D eigenvalue weighted by Crippen LogP contribution is 2.33. The van der Waals surface area contributed by atoms with Crippen molar-refractivity contribution in [3.63, 3.8) is 0 Å². The van der Waals surface area contributed by atoms with Crippen molar-refractivity contribution in [3.8, 4) is 5.75 Å². The highest BCUT2D eigenvalue weighted by atomic mass is 32.2. The SMILES string of the molecule is Cc1ccc(CN2C(=O)/C(=C\c3ccc(OCC(=O)O)cc3)SC2=S)cc1. The summed E-state index contributed by atoms with van der Waals surface area (Å²) in [6, 6.07) is 14.9. The van der Waals surface area contributed by atoms with Gasteiger partial charge in [-0.2, -0.15) is 0 Å². The lowest BCUT2D eigenvalue weighted by molar-refractivity contribution is -0.139. The van der Waals surface area contributed by atoms with E-state index in [0.29, 0.717) is 21.5 Å². The van der Waals surface area contributed by atoms with Crippen LogP contribution in [0, 0.1) is 6.92 Å². The van der Waals surface area contributed by atoms with E-state index in [0.717, 1.165) is 11.1 Å². The predicted molar refractivity (Wildman–Crippen MR) is 109 cm³/mol. The minimum absolute atomic E-state index is 0.114. The summed E-state index contributed by atoms with van der Waals surface area (Å²) < 4.78 is 5.64. The van der Waals surface area contributed by atoms with Crippen LogP contribution in [-0.4, -0.2) is 32.8 Å². The summed E-state index contributed by atoms with van der Waals surface area (Å²) in [5.41, 5.74) is 3.01. The van der Waals surface area contributed by atoms with E-state index in [1.807, 2.05) is 31.2 Å². The molecule has 1 aliphatic heterocycles. The van der Waals surface area contributed by atoms with Crippen LogP contribution in [0.1, 0.15) is 16.7 Å². The average molecular weight is 399 g/mol. The van der Waals surface area contributed by atoms with Crippen molar-refractivity contribution in [2.45, 2.75) is 13.5 Å². The summed E-state index contributed by atoms with van der Waals surface area (Å²) in [7, 11) is 0. The number of aryl methyl sites for hydroxylation is 1. The van der Waals surface area contributed by atoms with Crippen LogP contribution >= 0.6 is 24.0 Å². The molecule has 1 heterocycles. The maximum absolute atomic E-state index is 12.7. The van der Waals surface area contributed by atoms with Crippen LogP contribution in [0.2, 0.25) is 0 Å². The summed E-state index contributed by atoms with van der Waals surface area (Å²) in [6.07, 6.45) is 1.77. The quantitative estimate of drug-likeness (QED) is 0.588. The molecule has 1 saturated heterocycles. The molecule has 0 radical (unpaired) electrons. The van der Waals surface area contributed by atoms with E-state index in [1.54, 1.807) is 35.2 Å². The Labute approximate surface area is 166 Å². The number of amides is 1. The number of rotatable bonds is 6. The van der Waals surface area contributed by atoms with Crippen molar-refractivity contribution < 1.29 is 19.4 Å². The Morgan fingerprint density at radius 2 is 1.85 bits per heavy atom. The Hall–Kier alpha value is -2.64. The van der Waals surface area contributed by atoms with Gasteiger partial charge in [0.05, 0.1) is 11.4 Å². The minimum atomic E-state index is -1.03. The number of carbonyl (C=O) groups excluding carboxylic acids is 1. The lowest BCUT2D eigenvalue weighted by Gasteiger charge is -2.14. The van der Waals surface area contributed by atoms with Gasteiger partial charge in [-0.15, -0.1) is 0 Å². The Kier molecular flexibility index (Phi) is 5.93. The van der Waals surface area contributed by atoms with Gasteiger partial charge >= 0.3 is 5.97 Å². The number of benzene rings is 2. The number of aliphatic carboxylic acids is 1. The fraction of sp³-hybridized carbons (Fsp3) is 0.150. The molecule has 1 fully saturated rings. The molecule has 0 saturated carbocycles. The van der Waals surface area contributed by atoms with E-state index in [-0.39, 0.29) is 5.91 Å². The topological polar surface area (TPSA) is 66.8 Å².